The minimum Gasteiger partial charge on any atom is -0.380 e. The lowest BCUT2D eigenvalue weighted by Crippen LogP contribution is -2.45. The van der Waals surface area contributed by atoms with Crippen molar-refractivity contribution >= 4 is 0 Å². The molecule has 1 saturated carbocycles. The zero-order chi connectivity index (χ0) is 7.95. The third-order valence-electron chi connectivity index (χ3n) is 3.05. The second-order valence-corrected chi connectivity index (χ2v) is 4.51. The van der Waals surface area contributed by atoms with Gasteiger partial charge in [0.05, 0.1) is 13.2 Å². The Labute approximate surface area is 68.3 Å². The van der Waals surface area contributed by atoms with Crippen molar-refractivity contribution in [2.75, 3.05) is 20.3 Å². The molecule has 2 heteroatoms. The molecule has 2 aliphatic rings. The van der Waals surface area contributed by atoms with E-state index in [1.165, 1.54) is 19.3 Å². The van der Waals surface area contributed by atoms with Crippen LogP contribution in [0.3, 0.4) is 0 Å². The molecule has 0 atom stereocenters. The molecule has 1 aliphatic heterocycles. The van der Waals surface area contributed by atoms with E-state index < -0.39 is 0 Å². The van der Waals surface area contributed by atoms with Crippen LogP contribution < -0.4 is 5.32 Å². The molecule has 2 rings (SSSR count). The Morgan fingerprint density at radius 1 is 1.36 bits per heavy atom. The molecule has 1 saturated heterocycles. The Morgan fingerprint density at radius 3 is 2.27 bits per heavy atom. The molecule has 2 fully saturated rings. The van der Waals surface area contributed by atoms with Gasteiger partial charge >= 0.3 is 0 Å². The quantitative estimate of drug-likeness (QED) is 0.660. The van der Waals surface area contributed by atoms with E-state index in [9.17, 15) is 0 Å². The molecule has 2 nitrogen and oxygen atoms in total. The van der Waals surface area contributed by atoms with E-state index >= 15 is 0 Å². The van der Waals surface area contributed by atoms with E-state index in [0.717, 1.165) is 13.2 Å². The molecule has 64 valence electrons. The van der Waals surface area contributed by atoms with Crippen LogP contribution in [0.15, 0.2) is 0 Å². The third-order valence-corrected chi connectivity index (χ3v) is 3.05. The second kappa shape index (κ2) is 2.20. The third kappa shape index (κ3) is 1.30. The Bertz CT molecular complexity index is 156. The van der Waals surface area contributed by atoms with Crippen LogP contribution in [0.4, 0.5) is 0 Å². The molecule has 0 unspecified atom stereocenters. The van der Waals surface area contributed by atoms with E-state index in [1.54, 1.807) is 0 Å². The van der Waals surface area contributed by atoms with E-state index in [4.69, 9.17) is 4.74 Å². The number of hydrogen-bond donors (Lipinski definition) is 1. The van der Waals surface area contributed by atoms with Gasteiger partial charge in [-0.2, -0.15) is 0 Å². The van der Waals surface area contributed by atoms with Gasteiger partial charge in [-0.15, -0.1) is 0 Å². The Kier molecular flexibility index (Phi) is 1.52. The van der Waals surface area contributed by atoms with Gasteiger partial charge in [0.15, 0.2) is 0 Å². The van der Waals surface area contributed by atoms with Crippen molar-refractivity contribution in [2.24, 2.45) is 5.41 Å². The molecule has 0 amide bonds. The molecular formula is C9H17NO. The SMILES string of the molecule is CNC1(CC2(C)COC2)CC1. The van der Waals surface area contributed by atoms with Crippen LogP contribution in [-0.4, -0.2) is 25.8 Å². The fraction of sp³-hybridized carbons (Fsp3) is 1.00. The molecule has 11 heavy (non-hydrogen) atoms. The summed E-state index contributed by atoms with van der Waals surface area (Å²) in [6, 6.07) is 0. The van der Waals surface area contributed by atoms with Crippen LogP contribution in [0.1, 0.15) is 26.2 Å². The maximum atomic E-state index is 5.23. The molecule has 1 N–H and O–H groups in total. The zero-order valence-electron chi connectivity index (χ0n) is 7.44. The molecule has 0 spiro atoms. The van der Waals surface area contributed by atoms with Gasteiger partial charge in [0.25, 0.3) is 0 Å². The molecule has 0 aromatic rings. The summed E-state index contributed by atoms with van der Waals surface area (Å²) in [7, 11) is 2.08. The Balaban J connectivity index is 1.89. The van der Waals surface area contributed by atoms with Gasteiger partial charge in [-0.25, -0.2) is 0 Å². The number of nitrogens with one attached hydrogen (secondary N) is 1. The first-order chi connectivity index (χ1) is 5.18. The predicted octanol–water partition coefficient (Wildman–Crippen LogP) is 1.16. The van der Waals surface area contributed by atoms with Crippen molar-refractivity contribution in [3.05, 3.63) is 0 Å². The van der Waals surface area contributed by atoms with Gasteiger partial charge in [0.2, 0.25) is 0 Å². The van der Waals surface area contributed by atoms with Crippen LogP contribution in [-0.2, 0) is 4.74 Å². The fourth-order valence-electron chi connectivity index (χ4n) is 2.04. The Morgan fingerprint density at radius 2 is 2.00 bits per heavy atom. The summed E-state index contributed by atoms with van der Waals surface area (Å²) in [5, 5.41) is 3.42. The lowest BCUT2D eigenvalue weighted by atomic mass is 9.81. The Hall–Kier alpha value is -0.0800. The van der Waals surface area contributed by atoms with Crippen LogP contribution in [0.25, 0.3) is 0 Å². The topological polar surface area (TPSA) is 21.3 Å². The molecular weight excluding hydrogens is 138 g/mol. The smallest absolute Gasteiger partial charge is 0.0542 e. The van der Waals surface area contributed by atoms with Crippen molar-refractivity contribution in [3.63, 3.8) is 0 Å². The number of rotatable bonds is 3. The minimum atomic E-state index is 0.486. The second-order valence-electron chi connectivity index (χ2n) is 4.51. The minimum absolute atomic E-state index is 0.486. The number of ether oxygens (including phenoxy) is 1. The van der Waals surface area contributed by atoms with Gasteiger partial charge in [0, 0.05) is 11.0 Å². The highest BCUT2D eigenvalue weighted by molar-refractivity contribution is 5.05. The average molecular weight is 155 g/mol. The van der Waals surface area contributed by atoms with Crippen molar-refractivity contribution in [2.45, 2.75) is 31.7 Å². The van der Waals surface area contributed by atoms with Crippen LogP contribution in [0, 0.1) is 5.41 Å². The summed E-state index contributed by atoms with van der Waals surface area (Å²) in [5.74, 6) is 0. The van der Waals surface area contributed by atoms with Crippen LogP contribution in [0.5, 0.6) is 0 Å². The lowest BCUT2D eigenvalue weighted by Gasteiger charge is -2.40. The zero-order valence-corrected chi connectivity index (χ0v) is 7.44. The van der Waals surface area contributed by atoms with Crippen molar-refractivity contribution < 1.29 is 4.74 Å². The highest BCUT2D eigenvalue weighted by Gasteiger charge is 2.48. The first-order valence-electron chi connectivity index (χ1n) is 4.45. The van der Waals surface area contributed by atoms with Gasteiger partial charge in [-0.1, -0.05) is 6.92 Å². The maximum absolute atomic E-state index is 5.23. The lowest BCUT2D eigenvalue weighted by molar-refractivity contribution is -0.111. The standard InChI is InChI=1S/C9H17NO/c1-8(6-11-7-8)5-9(10-2)3-4-9/h10H,3-7H2,1-2H3. The first-order valence-corrected chi connectivity index (χ1v) is 4.45. The van der Waals surface area contributed by atoms with E-state index in [-0.39, 0.29) is 0 Å². The molecule has 0 aromatic heterocycles. The average Bonchev–Trinajstić information content (AvgIpc) is 2.67. The summed E-state index contributed by atoms with van der Waals surface area (Å²) in [6.45, 7) is 4.26. The summed E-state index contributed by atoms with van der Waals surface area (Å²) in [6.07, 6.45) is 4.02. The highest BCUT2D eigenvalue weighted by atomic mass is 16.5. The van der Waals surface area contributed by atoms with Crippen molar-refractivity contribution in [3.8, 4) is 0 Å². The monoisotopic (exact) mass is 155 g/mol. The van der Waals surface area contributed by atoms with Gasteiger partial charge in [-0.05, 0) is 26.3 Å². The molecule has 1 heterocycles. The van der Waals surface area contributed by atoms with Crippen molar-refractivity contribution in [1.82, 2.24) is 5.32 Å². The van der Waals surface area contributed by atoms with Gasteiger partial charge < -0.3 is 10.1 Å². The summed E-state index contributed by atoms with van der Waals surface area (Å²) >= 11 is 0. The van der Waals surface area contributed by atoms with E-state index in [2.05, 4.69) is 19.3 Å². The summed E-state index contributed by atoms with van der Waals surface area (Å²) < 4.78 is 5.23. The van der Waals surface area contributed by atoms with Gasteiger partial charge in [0.1, 0.15) is 0 Å². The van der Waals surface area contributed by atoms with E-state index in [1.807, 2.05) is 0 Å². The van der Waals surface area contributed by atoms with Gasteiger partial charge in [-0.3, -0.25) is 0 Å². The van der Waals surface area contributed by atoms with Crippen LogP contribution >= 0.6 is 0 Å². The predicted molar refractivity (Wildman–Crippen MR) is 44.6 cm³/mol. The molecule has 0 bridgehead atoms. The normalized spacial score (nSPS) is 31.1. The van der Waals surface area contributed by atoms with E-state index in [0.29, 0.717) is 11.0 Å². The fourth-order valence-corrected chi connectivity index (χ4v) is 2.04. The first kappa shape index (κ1) is 7.56. The summed E-state index contributed by atoms with van der Waals surface area (Å²) in [5.41, 5.74) is 0.984. The molecule has 0 radical (unpaired) electrons. The highest BCUT2D eigenvalue weighted by Crippen LogP contribution is 2.46. The molecule has 0 aromatic carbocycles. The van der Waals surface area contributed by atoms with Crippen molar-refractivity contribution in [1.29, 1.82) is 0 Å². The van der Waals surface area contributed by atoms with Crippen LogP contribution in [0.2, 0.25) is 0 Å². The number of hydrogen-bond acceptors (Lipinski definition) is 2. The largest absolute Gasteiger partial charge is 0.380 e. The summed E-state index contributed by atoms with van der Waals surface area (Å²) in [4.78, 5) is 0. The molecule has 1 aliphatic carbocycles. The maximum Gasteiger partial charge on any atom is 0.0542 e.